The van der Waals surface area contributed by atoms with E-state index in [4.69, 9.17) is 31.5 Å². The van der Waals surface area contributed by atoms with Gasteiger partial charge in [-0.3, -0.25) is 5.41 Å². The summed E-state index contributed by atoms with van der Waals surface area (Å²) < 4.78 is 12.2. The van der Waals surface area contributed by atoms with Crippen LogP contribution < -0.4 is 20.9 Å². The number of ether oxygens (including phenoxy) is 2. The fourth-order valence-corrected chi connectivity index (χ4v) is 3.59. The highest BCUT2D eigenvalue weighted by molar-refractivity contribution is 6.08. The Morgan fingerprint density at radius 2 is 1.93 bits per heavy atom. The summed E-state index contributed by atoms with van der Waals surface area (Å²) in [6, 6.07) is 11.3. The van der Waals surface area contributed by atoms with Gasteiger partial charge >= 0.3 is 0 Å². The second-order valence-corrected chi connectivity index (χ2v) is 6.69. The van der Waals surface area contributed by atoms with Gasteiger partial charge in [0.1, 0.15) is 5.84 Å². The lowest BCUT2D eigenvalue weighted by Gasteiger charge is -2.08. The molecule has 1 aliphatic carbocycles. The quantitative estimate of drug-likeness (QED) is 0.456. The van der Waals surface area contributed by atoms with Gasteiger partial charge in [-0.15, -0.1) is 0 Å². The summed E-state index contributed by atoms with van der Waals surface area (Å²) in [6.45, 7) is 0. The van der Waals surface area contributed by atoms with Crippen molar-refractivity contribution in [2.75, 3.05) is 20.0 Å². The van der Waals surface area contributed by atoms with Crippen LogP contribution in [0.15, 0.2) is 47.7 Å². The van der Waals surface area contributed by atoms with Gasteiger partial charge in [-0.05, 0) is 36.6 Å². The van der Waals surface area contributed by atoms with Gasteiger partial charge in [0.05, 0.1) is 31.8 Å². The Morgan fingerprint density at radius 3 is 2.66 bits per heavy atom. The highest BCUT2D eigenvalue weighted by atomic mass is 16.5. The van der Waals surface area contributed by atoms with Crippen LogP contribution in [0.2, 0.25) is 0 Å². The maximum Gasteiger partial charge on any atom is 0.221 e. The molecule has 0 bridgehead atoms. The van der Waals surface area contributed by atoms with Crippen LogP contribution in [0.4, 0.5) is 5.95 Å². The van der Waals surface area contributed by atoms with Gasteiger partial charge in [0.25, 0.3) is 0 Å². The Kier molecular flexibility index (Phi) is 4.67. The molecule has 4 rings (SSSR count). The maximum atomic E-state index is 7.77. The van der Waals surface area contributed by atoms with Crippen molar-refractivity contribution < 1.29 is 9.47 Å². The minimum absolute atomic E-state index is 0.0704. The van der Waals surface area contributed by atoms with E-state index < -0.39 is 0 Å². The SMILES string of the molecule is COc1ccc(-c2cn(N=C3CCc4c(C(=N)N)cccc43)c(N)n2)cc1OC. The molecule has 2 aromatic carbocycles. The Hall–Kier alpha value is -3.81. The van der Waals surface area contributed by atoms with E-state index in [1.807, 2.05) is 36.4 Å². The number of benzene rings is 2. The first kappa shape index (κ1) is 18.5. The molecule has 1 heterocycles. The van der Waals surface area contributed by atoms with E-state index in [0.717, 1.165) is 40.8 Å². The lowest BCUT2D eigenvalue weighted by Crippen LogP contribution is -2.13. The second kappa shape index (κ2) is 7.31. The average Bonchev–Trinajstić information content (AvgIpc) is 3.31. The summed E-state index contributed by atoms with van der Waals surface area (Å²) in [4.78, 5) is 4.44. The largest absolute Gasteiger partial charge is 0.493 e. The van der Waals surface area contributed by atoms with Crippen LogP contribution in [0, 0.1) is 5.41 Å². The molecule has 3 aromatic rings. The maximum absolute atomic E-state index is 7.77. The Morgan fingerprint density at radius 1 is 1.14 bits per heavy atom. The van der Waals surface area contributed by atoms with Gasteiger partial charge in [0.2, 0.25) is 5.95 Å². The first-order valence-corrected chi connectivity index (χ1v) is 9.13. The minimum Gasteiger partial charge on any atom is -0.493 e. The first-order chi connectivity index (χ1) is 14.0. The van der Waals surface area contributed by atoms with E-state index in [-0.39, 0.29) is 5.84 Å². The molecule has 29 heavy (non-hydrogen) atoms. The number of nitrogen functional groups attached to an aromatic ring is 2. The third kappa shape index (κ3) is 3.29. The monoisotopic (exact) mass is 390 g/mol. The predicted molar refractivity (Wildman–Crippen MR) is 113 cm³/mol. The molecule has 1 aliphatic rings. The zero-order valence-corrected chi connectivity index (χ0v) is 16.3. The number of rotatable bonds is 5. The fourth-order valence-electron chi connectivity index (χ4n) is 3.59. The molecule has 0 fully saturated rings. The summed E-state index contributed by atoms with van der Waals surface area (Å²) in [5.41, 5.74) is 17.1. The van der Waals surface area contributed by atoms with E-state index in [1.54, 1.807) is 25.1 Å². The van der Waals surface area contributed by atoms with Gasteiger partial charge in [-0.2, -0.15) is 5.10 Å². The van der Waals surface area contributed by atoms with E-state index in [9.17, 15) is 0 Å². The Bertz CT molecular complexity index is 1130. The van der Waals surface area contributed by atoms with Crippen LogP contribution in [0.3, 0.4) is 0 Å². The van der Waals surface area contributed by atoms with Crippen LogP contribution in [-0.4, -0.2) is 35.4 Å². The van der Waals surface area contributed by atoms with Crippen LogP contribution in [0.25, 0.3) is 11.3 Å². The Labute approximate surface area is 168 Å². The van der Waals surface area contributed by atoms with Crippen molar-refractivity contribution in [2.45, 2.75) is 12.8 Å². The topological polar surface area (TPSA) is 125 Å². The van der Waals surface area contributed by atoms with E-state index in [1.165, 1.54) is 0 Å². The Balaban J connectivity index is 1.71. The van der Waals surface area contributed by atoms with Crippen molar-refractivity contribution in [1.82, 2.24) is 9.66 Å². The number of nitrogens with two attached hydrogens (primary N) is 2. The number of anilines is 1. The van der Waals surface area contributed by atoms with Crippen LogP contribution >= 0.6 is 0 Å². The van der Waals surface area contributed by atoms with Crippen LogP contribution in [0.5, 0.6) is 11.5 Å². The molecule has 0 amide bonds. The summed E-state index contributed by atoms with van der Waals surface area (Å²) in [7, 11) is 3.19. The zero-order valence-electron chi connectivity index (χ0n) is 16.3. The lowest BCUT2D eigenvalue weighted by atomic mass is 10.0. The van der Waals surface area contributed by atoms with Gasteiger partial charge in [0, 0.05) is 16.7 Å². The van der Waals surface area contributed by atoms with Crippen molar-refractivity contribution >= 4 is 17.5 Å². The van der Waals surface area contributed by atoms with Gasteiger partial charge < -0.3 is 20.9 Å². The number of nitrogens with zero attached hydrogens (tertiary/aromatic N) is 3. The molecule has 0 atom stereocenters. The van der Waals surface area contributed by atoms with Crippen molar-refractivity contribution in [3.63, 3.8) is 0 Å². The molecule has 1 aromatic heterocycles. The number of fused-ring (bicyclic) bond motifs is 1. The number of imidazole rings is 1. The van der Waals surface area contributed by atoms with E-state index in [2.05, 4.69) is 4.98 Å². The van der Waals surface area contributed by atoms with Crippen LogP contribution in [0.1, 0.15) is 23.1 Å². The molecule has 0 saturated heterocycles. The summed E-state index contributed by atoms with van der Waals surface area (Å²) in [5.74, 6) is 1.62. The van der Waals surface area contributed by atoms with E-state index in [0.29, 0.717) is 23.1 Å². The average molecular weight is 390 g/mol. The number of aromatic nitrogens is 2. The molecule has 148 valence electrons. The predicted octanol–water partition coefficient (Wildman–Crippen LogP) is 2.63. The molecule has 8 heteroatoms. The fraction of sp³-hybridized carbons (Fsp3) is 0.190. The molecular weight excluding hydrogens is 368 g/mol. The van der Waals surface area contributed by atoms with Crippen molar-refractivity contribution in [3.8, 4) is 22.8 Å². The smallest absolute Gasteiger partial charge is 0.221 e. The van der Waals surface area contributed by atoms with Crippen molar-refractivity contribution in [2.24, 2.45) is 10.8 Å². The molecule has 0 saturated carbocycles. The van der Waals surface area contributed by atoms with Crippen molar-refractivity contribution in [3.05, 3.63) is 59.3 Å². The third-order valence-corrected chi connectivity index (χ3v) is 5.01. The minimum atomic E-state index is 0.0704. The second-order valence-electron chi connectivity index (χ2n) is 6.69. The third-order valence-electron chi connectivity index (χ3n) is 5.01. The zero-order chi connectivity index (χ0) is 20.5. The summed E-state index contributed by atoms with van der Waals surface area (Å²) >= 11 is 0. The number of amidine groups is 1. The molecule has 0 unspecified atom stereocenters. The van der Waals surface area contributed by atoms with Gasteiger partial charge in [0.15, 0.2) is 11.5 Å². The van der Waals surface area contributed by atoms with Crippen molar-refractivity contribution in [1.29, 1.82) is 5.41 Å². The lowest BCUT2D eigenvalue weighted by molar-refractivity contribution is 0.355. The highest BCUT2D eigenvalue weighted by Gasteiger charge is 2.22. The normalized spacial score (nSPS) is 14.1. The standard InChI is InChI=1S/C21H22N6O2/c1-28-18-9-6-12(10-19(18)29-2)17-11-27(21(24)25-17)26-16-8-7-13-14(16)4-3-5-15(13)20(22)23/h3-6,9-11H,7-8H2,1-2H3,(H3,22,23)(H2,24,25). The van der Waals surface area contributed by atoms with Gasteiger partial charge in [-0.1, -0.05) is 18.2 Å². The molecule has 0 spiro atoms. The number of hydrogen-bond acceptors (Lipinski definition) is 6. The molecule has 0 aliphatic heterocycles. The molecule has 0 radical (unpaired) electrons. The highest BCUT2D eigenvalue weighted by Crippen LogP contribution is 2.32. The number of methoxy groups -OCH3 is 2. The summed E-state index contributed by atoms with van der Waals surface area (Å²) in [6.07, 6.45) is 3.33. The first-order valence-electron chi connectivity index (χ1n) is 9.13. The molecular formula is C21H22N6O2. The number of nitrogens with one attached hydrogen (secondary N) is 1. The number of hydrogen-bond donors (Lipinski definition) is 3. The van der Waals surface area contributed by atoms with E-state index >= 15 is 0 Å². The molecule has 5 N–H and O–H groups in total. The van der Waals surface area contributed by atoms with Gasteiger partial charge in [-0.25, -0.2) is 9.66 Å². The molecule has 8 nitrogen and oxygen atoms in total. The summed E-state index contributed by atoms with van der Waals surface area (Å²) in [5, 5.41) is 12.5. The van der Waals surface area contributed by atoms with Crippen LogP contribution in [-0.2, 0) is 6.42 Å².